The van der Waals surface area contributed by atoms with Crippen LogP contribution >= 0.6 is 11.6 Å². The fourth-order valence-electron chi connectivity index (χ4n) is 2.55. The summed E-state index contributed by atoms with van der Waals surface area (Å²) in [4.78, 5) is 36.3. The molecule has 1 amide bonds. The van der Waals surface area contributed by atoms with Crippen molar-refractivity contribution in [3.63, 3.8) is 0 Å². The number of rotatable bonds is 3. The SMILES string of the molecule is COC(=O)C1CCCCN1C(=O)c1ccc(Cl)cc1[N+](=O)[O-]. The molecule has 1 unspecified atom stereocenters. The van der Waals surface area contributed by atoms with Crippen LogP contribution in [0.25, 0.3) is 0 Å². The van der Waals surface area contributed by atoms with Gasteiger partial charge in [-0.2, -0.15) is 0 Å². The van der Waals surface area contributed by atoms with Gasteiger partial charge in [0.2, 0.25) is 0 Å². The highest BCUT2D eigenvalue weighted by Gasteiger charge is 2.35. The Morgan fingerprint density at radius 3 is 2.77 bits per heavy atom. The number of hydrogen-bond donors (Lipinski definition) is 0. The zero-order chi connectivity index (χ0) is 16.3. The van der Waals surface area contributed by atoms with E-state index in [4.69, 9.17) is 16.3 Å². The number of amides is 1. The molecular weight excluding hydrogens is 312 g/mol. The highest BCUT2D eigenvalue weighted by Crippen LogP contribution is 2.27. The van der Waals surface area contributed by atoms with E-state index in [1.807, 2.05) is 0 Å². The number of carbonyl (C=O) groups excluding carboxylic acids is 2. The zero-order valence-electron chi connectivity index (χ0n) is 12.0. The van der Waals surface area contributed by atoms with E-state index in [2.05, 4.69) is 0 Å². The maximum atomic E-state index is 12.6. The Hall–Kier alpha value is -2.15. The summed E-state index contributed by atoms with van der Waals surface area (Å²) >= 11 is 5.75. The lowest BCUT2D eigenvalue weighted by molar-refractivity contribution is -0.385. The van der Waals surface area contributed by atoms with E-state index in [9.17, 15) is 19.7 Å². The molecule has 0 saturated carbocycles. The Balaban J connectivity index is 2.37. The van der Waals surface area contributed by atoms with Crippen molar-refractivity contribution in [3.8, 4) is 0 Å². The van der Waals surface area contributed by atoms with Crippen molar-refractivity contribution in [1.82, 2.24) is 4.90 Å². The minimum atomic E-state index is -0.707. The third-order valence-corrected chi connectivity index (χ3v) is 3.86. The Kier molecular flexibility index (Phi) is 4.97. The van der Waals surface area contributed by atoms with Crippen LogP contribution in [-0.4, -0.2) is 41.4 Å². The number of nitro benzene ring substituents is 1. The van der Waals surface area contributed by atoms with Crippen LogP contribution in [0.3, 0.4) is 0 Å². The standard InChI is InChI=1S/C14H15ClN2O5/c1-22-14(19)11-4-2-3-7-16(11)13(18)10-6-5-9(15)8-12(10)17(20)21/h5-6,8,11H,2-4,7H2,1H3. The fraction of sp³-hybridized carbons (Fsp3) is 0.429. The average molecular weight is 327 g/mol. The van der Waals surface area contributed by atoms with Crippen LogP contribution in [0.1, 0.15) is 29.6 Å². The molecule has 0 aromatic heterocycles. The maximum Gasteiger partial charge on any atom is 0.328 e. The lowest BCUT2D eigenvalue weighted by atomic mass is 10.0. The number of piperidine rings is 1. The summed E-state index contributed by atoms with van der Waals surface area (Å²) in [5, 5.41) is 11.3. The first kappa shape index (κ1) is 16.2. The molecule has 1 fully saturated rings. The van der Waals surface area contributed by atoms with Crippen molar-refractivity contribution in [2.75, 3.05) is 13.7 Å². The van der Waals surface area contributed by atoms with E-state index in [0.29, 0.717) is 13.0 Å². The van der Waals surface area contributed by atoms with Crippen LogP contribution in [0.4, 0.5) is 5.69 Å². The molecule has 1 aliphatic rings. The molecule has 1 aliphatic heterocycles. The Morgan fingerprint density at radius 1 is 1.41 bits per heavy atom. The molecule has 8 heteroatoms. The van der Waals surface area contributed by atoms with Gasteiger partial charge in [0.1, 0.15) is 11.6 Å². The summed E-state index contributed by atoms with van der Waals surface area (Å²) in [6.07, 6.45) is 2.02. The van der Waals surface area contributed by atoms with Crippen molar-refractivity contribution < 1.29 is 19.2 Å². The van der Waals surface area contributed by atoms with Gasteiger partial charge in [-0.15, -0.1) is 0 Å². The third-order valence-electron chi connectivity index (χ3n) is 3.62. The molecule has 0 radical (unpaired) electrons. The number of methoxy groups -OCH3 is 1. The van der Waals surface area contributed by atoms with Gasteiger partial charge in [0.05, 0.1) is 12.0 Å². The van der Waals surface area contributed by atoms with E-state index in [0.717, 1.165) is 18.9 Å². The molecular formula is C14H15ClN2O5. The normalized spacial score (nSPS) is 17.9. The summed E-state index contributed by atoms with van der Waals surface area (Å²) in [6.45, 7) is 0.360. The molecule has 1 aromatic carbocycles. The number of nitro groups is 1. The van der Waals surface area contributed by atoms with Crippen LogP contribution in [-0.2, 0) is 9.53 Å². The quantitative estimate of drug-likeness (QED) is 0.483. The summed E-state index contributed by atoms with van der Waals surface area (Å²) < 4.78 is 4.71. The minimum absolute atomic E-state index is 0.0785. The van der Waals surface area contributed by atoms with Crippen molar-refractivity contribution in [1.29, 1.82) is 0 Å². The Morgan fingerprint density at radius 2 is 2.14 bits per heavy atom. The summed E-state index contributed by atoms with van der Waals surface area (Å²) in [5.74, 6) is -1.07. The van der Waals surface area contributed by atoms with Crippen molar-refractivity contribution in [3.05, 3.63) is 38.9 Å². The molecule has 7 nitrogen and oxygen atoms in total. The van der Waals surface area contributed by atoms with Gasteiger partial charge in [0.25, 0.3) is 11.6 Å². The van der Waals surface area contributed by atoms with Crippen LogP contribution in [0.2, 0.25) is 5.02 Å². The molecule has 2 rings (SSSR count). The van der Waals surface area contributed by atoms with Gasteiger partial charge >= 0.3 is 5.97 Å². The topological polar surface area (TPSA) is 89.8 Å². The van der Waals surface area contributed by atoms with E-state index in [1.165, 1.54) is 24.1 Å². The number of benzene rings is 1. The second-order valence-corrected chi connectivity index (χ2v) is 5.39. The first-order chi connectivity index (χ1) is 10.5. The Bertz CT molecular complexity index is 619. The van der Waals surface area contributed by atoms with Gasteiger partial charge in [-0.25, -0.2) is 4.79 Å². The highest BCUT2D eigenvalue weighted by molar-refractivity contribution is 6.31. The van der Waals surface area contributed by atoms with Crippen LogP contribution in [0.15, 0.2) is 18.2 Å². The highest BCUT2D eigenvalue weighted by atomic mass is 35.5. The first-order valence-corrected chi connectivity index (χ1v) is 7.16. The van der Waals surface area contributed by atoms with E-state index in [1.54, 1.807) is 0 Å². The molecule has 118 valence electrons. The van der Waals surface area contributed by atoms with Crippen molar-refractivity contribution in [2.24, 2.45) is 0 Å². The fourth-order valence-corrected chi connectivity index (χ4v) is 2.71. The summed E-state index contributed by atoms with van der Waals surface area (Å²) in [5.41, 5.74) is -0.447. The number of nitrogens with zero attached hydrogens (tertiary/aromatic N) is 2. The van der Waals surface area contributed by atoms with Crippen molar-refractivity contribution >= 4 is 29.2 Å². The second kappa shape index (κ2) is 6.74. The molecule has 0 N–H and O–H groups in total. The maximum absolute atomic E-state index is 12.6. The molecule has 0 spiro atoms. The zero-order valence-corrected chi connectivity index (χ0v) is 12.7. The molecule has 1 saturated heterocycles. The molecule has 0 aliphatic carbocycles. The van der Waals surface area contributed by atoms with Gasteiger partial charge < -0.3 is 9.64 Å². The van der Waals surface area contributed by atoms with Gasteiger partial charge in [-0.3, -0.25) is 14.9 Å². The molecule has 1 atom stereocenters. The van der Waals surface area contributed by atoms with E-state index in [-0.39, 0.29) is 16.3 Å². The number of halogens is 1. The van der Waals surface area contributed by atoms with Gasteiger partial charge in [0.15, 0.2) is 0 Å². The van der Waals surface area contributed by atoms with Crippen LogP contribution in [0, 0.1) is 10.1 Å². The number of likely N-dealkylation sites (tertiary alicyclic amines) is 1. The van der Waals surface area contributed by atoms with E-state index < -0.39 is 22.8 Å². The van der Waals surface area contributed by atoms with Gasteiger partial charge in [0, 0.05) is 17.6 Å². The number of hydrogen-bond acceptors (Lipinski definition) is 5. The lowest BCUT2D eigenvalue weighted by Gasteiger charge is -2.33. The van der Waals surface area contributed by atoms with Crippen molar-refractivity contribution in [2.45, 2.75) is 25.3 Å². The first-order valence-electron chi connectivity index (χ1n) is 6.78. The van der Waals surface area contributed by atoms with Crippen LogP contribution in [0.5, 0.6) is 0 Å². The Labute approximate surface area is 131 Å². The smallest absolute Gasteiger partial charge is 0.328 e. The number of esters is 1. The van der Waals surface area contributed by atoms with E-state index >= 15 is 0 Å². The molecule has 0 bridgehead atoms. The molecule has 22 heavy (non-hydrogen) atoms. The predicted molar refractivity (Wildman–Crippen MR) is 78.8 cm³/mol. The number of ether oxygens (including phenoxy) is 1. The molecule has 1 heterocycles. The predicted octanol–water partition coefficient (Wildman–Crippen LogP) is 2.42. The summed E-state index contributed by atoms with van der Waals surface area (Å²) in [7, 11) is 1.25. The third kappa shape index (κ3) is 3.19. The lowest BCUT2D eigenvalue weighted by Crippen LogP contribution is -2.48. The van der Waals surface area contributed by atoms with Gasteiger partial charge in [-0.1, -0.05) is 11.6 Å². The average Bonchev–Trinajstić information content (AvgIpc) is 2.53. The van der Waals surface area contributed by atoms with Crippen LogP contribution < -0.4 is 0 Å². The van der Waals surface area contributed by atoms with Gasteiger partial charge in [-0.05, 0) is 31.4 Å². The minimum Gasteiger partial charge on any atom is -0.467 e. The summed E-state index contributed by atoms with van der Waals surface area (Å²) in [6, 6.07) is 3.15. The monoisotopic (exact) mass is 326 g/mol. The largest absolute Gasteiger partial charge is 0.467 e. The second-order valence-electron chi connectivity index (χ2n) is 4.95. The number of carbonyl (C=O) groups is 2. The molecule has 1 aromatic rings.